The van der Waals surface area contributed by atoms with E-state index in [2.05, 4.69) is 37.4 Å². The molecule has 34 heavy (non-hydrogen) atoms. The van der Waals surface area contributed by atoms with Crippen molar-refractivity contribution in [1.82, 2.24) is 10.2 Å². The van der Waals surface area contributed by atoms with Crippen LogP contribution in [0.25, 0.3) is 0 Å². The van der Waals surface area contributed by atoms with Crippen molar-refractivity contribution in [3.63, 3.8) is 0 Å². The van der Waals surface area contributed by atoms with E-state index in [1.807, 2.05) is 42.3 Å². The maximum Gasteiger partial charge on any atom is 0.253 e. The molecule has 1 heterocycles. The number of methoxy groups -OCH3 is 1. The lowest BCUT2D eigenvalue weighted by Gasteiger charge is -2.66. The van der Waals surface area contributed by atoms with E-state index in [-0.39, 0.29) is 35.2 Å². The Morgan fingerprint density at radius 1 is 1.29 bits per heavy atom. The van der Waals surface area contributed by atoms with E-state index in [1.54, 1.807) is 7.11 Å². The highest BCUT2D eigenvalue weighted by Gasteiger charge is 2.70. The van der Waals surface area contributed by atoms with Crippen LogP contribution < -0.4 is 10.1 Å². The summed E-state index contributed by atoms with van der Waals surface area (Å²) in [7, 11) is 3.66. The van der Waals surface area contributed by atoms with E-state index in [4.69, 9.17) is 4.74 Å². The number of aliphatic hydroxyl groups is 1. The highest BCUT2D eigenvalue weighted by Crippen LogP contribution is 2.69. The van der Waals surface area contributed by atoms with Crippen LogP contribution in [0, 0.1) is 17.8 Å². The first-order valence-corrected chi connectivity index (χ1v) is 12.6. The minimum Gasteiger partial charge on any atom is -0.516 e. The smallest absolute Gasteiger partial charge is 0.253 e. The summed E-state index contributed by atoms with van der Waals surface area (Å²) in [5.41, 5.74) is 4.39. The van der Waals surface area contributed by atoms with E-state index in [0.29, 0.717) is 11.5 Å². The number of carbonyl (C=O) groups is 1. The zero-order valence-corrected chi connectivity index (χ0v) is 20.6. The van der Waals surface area contributed by atoms with Gasteiger partial charge in [-0.05, 0) is 73.2 Å². The average Bonchev–Trinajstić information content (AvgIpc) is 3.20. The molecule has 5 rings (SSSR count). The van der Waals surface area contributed by atoms with E-state index < -0.39 is 0 Å². The SMILES string of the molecule is CCCC(C1C(=CO)C2C(C)NCC3Cc4ccc(OC)cc4C321)N(C)C(=O)c1ccccc1. The first kappa shape index (κ1) is 23.0. The Kier molecular flexibility index (Phi) is 5.93. The fourth-order valence-corrected chi connectivity index (χ4v) is 7.51. The zero-order valence-electron chi connectivity index (χ0n) is 20.6. The van der Waals surface area contributed by atoms with Crippen LogP contribution in [0.15, 0.2) is 60.4 Å². The number of rotatable bonds is 6. The number of amides is 1. The summed E-state index contributed by atoms with van der Waals surface area (Å²) in [5, 5.41) is 14.2. The van der Waals surface area contributed by atoms with Crippen LogP contribution in [0.4, 0.5) is 0 Å². The van der Waals surface area contributed by atoms with Crippen molar-refractivity contribution in [3.8, 4) is 5.75 Å². The van der Waals surface area contributed by atoms with E-state index >= 15 is 0 Å². The van der Waals surface area contributed by atoms with Gasteiger partial charge in [-0.15, -0.1) is 0 Å². The molecule has 3 aliphatic rings. The Bertz CT molecular complexity index is 1100. The third-order valence-electron chi connectivity index (χ3n) is 8.82. The molecule has 2 aliphatic carbocycles. The second-order valence-corrected chi connectivity index (χ2v) is 10.3. The van der Waals surface area contributed by atoms with Crippen LogP contribution in [-0.2, 0) is 11.8 Å². The number of hydrogen-bond donors (Lipinski definition) is 2. The Morgan fingerprint density at radius 3 is 2.74 bits per heavy atom. The summed E-state index contributed by atoms with van der Waals surface area (Å²) >= 11 is 0. The van der Waals surface area contributed by atoms with Crippen LogP contribution in [-0.4, -0.2) is 48.7 Å². The van der Waals surface area contributed by atoms with Crippen molar-refractivity contribution in [2.75, 3.05) is 20.7 Å². The summed E-state index contributed by atoms with van der Waals surface area (Å²) in [5.74, 6) is 1.61. The Balaban J connectivity index is 1.64. The molecule has 0 bridgehead atoms. The van der Waals surface area contributed by atoms with E-state index in [9.17, 15) is 9.90 Å². The summed E-state index contributed by atoms with van der Waals surface area (Å²) in [6.07, 6.45) is 4.22. The minimum atomic E-state index is -0.117. The molecule has 2 aromatic carbocycles. The molecule has 5 nitrogen and oxygen atoms in total. The fourth-order valence-electron chi connectivity index (χ4n) is 7.51. The Hall–Kier alpha value is -2.79. The first-order chi connectivity index (χ1) is 16.5. The van der Waals surface area contributed by atoms with Gasteiger partial charge in [-0.25, -0.2) is 0 Å². The largest absolute Gasteiger partial charge is 0.516 e. The van der Waals surface area contributed by atoms with E-state index in [1.165, 1.54) is 17.4 Å². The van der Waals surface area contributed by atoms with Crippen LogP contribution in [0.3, 0.4) is 0 Å². The van der Waals surface area contributed by atoms with Gasteiger partial charge in [0.1, 0.15) is 5.75 Å². The molecule has 6 atom stereocenters. The second-order valence-electron chi connectivity index (χ2n) is 10.3. The molecule has 180 valence electrons. The van der Waals surface area contributed by atoms with Gasteiger partial charge in [-0.1, -0.05) is 37.6 Å². The first-order valence-electron chi connectivity index (χ1n) is 12.6. The molecule has 1 amide bonds. The molecule has 1 aliphatic heterocycles. The molecule has 2 aromatic rings. The normalized spacial score (nSPS) is 31.1. The number of hydrogen-bond acceptors (Lipinski definition) is 4. The van der Waals surface area contributed by atoms with Crippen molar-refractivity contribution in [1.29, 1.82) is 0 Å². The molecule has 1 saturated carbocycles. The molecular weight excluding hydrogens is 424 g/mol. The molecule has 1 spiro atoms. The number of benzene rings is 2. The highest BCUT2D eigenvalue weighted by molar-refractivity contribution is 5.94. The third-order valence-corrected chi connectivity index (χ3v) is 8.82. The van der Waals surface area contributed by atoms with Crippen LogP contribution >= 0.6 is 0 Å². The van der Waals surface area contributed by atoms with Gasteiger partial charge in [0.25, 0.3) is 5.91 Å². The van der Waals surface area contributed by atoms with Gasteiger partial charge in [0.15, 0.2) is 0 Å². The van der Waals surface area contributed by atoms with Crippen LogP contribution in [0.5, 0.6) is 5.75 Å². The maximum atomic E-state index is 13.6. The van der Waals surface area contributed by atoms with Crippen molar-refractivity contribution in [2.45, 2.75) is 50.6 Å². The van der Waals surface area contributed by atoms with Gasteiger partial charge in [0, 0.05) is 41.9 Å². The second kappa shape index (κ2) is 8.77. The maximum absolute atomic E-state index is 13.6. The predicted molar refractivity (Wildman–Crippen MR) is 134 cm³/mol. The number of ether oxygens (including phenoxy) is 1. The summed E-state index contributed by atoms with van der Waals surface area (Å²) in [6, 6.07) is 16.3. The monoisotopic (exact) mass is 460 g/mol. The summed E-state index contributed by atoms with van der Waals surface area (Å²) in [4.78, 5) is 15.5. The predicted octanol–water partition coefficient (Wildman–Crippen LogP) is 4.73. The third kappa shape index (κ3) is 3.13. The zero-order chi connectivity index (χ0) is 24.0. The van der Waals surface area contributed by atoms with Gasteiger partial charge >= 0.3 is 0 Å². The number of fused-ring (bicyclic) bond motifs is 1. The van der Waals surface area contributed by atoms with Gasteiger partial charge in [0.05, 0.1) is 13.4 Å². The lowest BCUT2D eigenvalue weighted by atomic mass is 9.40. The van der Waals surface area contributed by atoms with Crippen molar-refractivity contribution in [2.24, 2.45) is 17.8 Å². The molecule has 2 N–H and O–H groups in total. The van der Waals surface area contributed by atoms with Gasteiger partial charge in [-0.2, -0.15) is 0 Å². The number of nitrogens with zero attached hydrogens (tertiary/aromatic N) is 1. The topological polar surface area (TPSA) is 61.8 Å². The van der Waals surface area contributed by atoms with Gasteiger partial charge in [0.2, 0.25) is 0 Å². The standard InChI is InChI=1S/C29H36N2O3/c1-5-9-25(31(3)28(33)19-10-7-6-8-11-19)27-23(17-32)26-18(2)30-16-21-14-20-12-13-22(34-4)15-24(20)29(21,26)27/h6-8,10-13,15,17-18,21,25-27,30,32H,5,9,14,16H2,1-4H3. The molecule has 1 saturated heterocycles. The number of aliphatic hydroxyl groups excluding tert-OH is 1. The summed E-state index contributed by atoms with van der Waals surface area (Å²) in [6.45, 7) is 5.35. The van der Waals surface area contributed by atoms with Gasteiger partial charge < -0.3 is 20.1 Å². The number of nitrogens with one attached hydrogen (secondary N) is 1. The fraction of sp³-hybridized carbons (Fsp3) is 0.483. The highest BCUT2D eigenvalue weighted by atomic mass is 16.5. The van der Waals surface area contributed by atoms with Gasteiger partial charge in [-0.3, -0.25) is 4.79 Å². The quantitative estimate of drug-likeness (QED) is 0.612. The summed E-state index contributed by atoms with van der Waals surface area (Å²) < 4.78 is 5.65. The van der Waals surface area contributed by atoms with Crippen LogP contribution in [0.1, 0.15) is 48.2 Å². The molecule has 2 fully saturated rings. The van der Waals surface area contributed by atoms with Crippen molar-refractivity contribution >= 4 is 5.91 Å². The molecule has 0 aromatic heterocycles. The number of carbonyl (C=O) groups excluding carboxylic acids is 1. The Labute approximate surface area is 202 Å². The number of piperidine rings is 1. The lowest BCUT2D eigenvalue weighted by Crippen LogP contribution is -2.72. The minimum absolute atomic E-state index is 0.00249. The van der Waals surface area contributed by atoms with Crippen molar-refractivity contribution in [3.05, 3.63) is 77.1 Å². The molecular formula is C29H36N2O3. The van der Waals surface area contributed by atoms with Crippen LogP contribution in [0.2, 0.25) is 0 Å². The molecule has 6 unspecified atom stereocenters. The Morgan fingerprint density at radius 2 is 2.06 bits per heavy atom. The molecule has 0 radical (unpaired) electrons. The lowest BCUT2D eigenvalue weighted by molar-refractivity contribution is -0.0389. The van der Waals surface area contributed by atoms with Crippen molar-refractivity contribution < 1.29 is 14.6 Å². The van der Waals surface area contributed by atoms with E-state index in [0.717, 1.165) is 37.1 Å². The average molecular weight is 461 g/mol. The molecule has 5 heteroatoms.